The Morgan fingerprint density at radius 2 is 1.97 bits per heavy atom. The first kappa shape index (κ1) is 18.6. The maximum absolute atomic E-state index is 5.79. The largest absolute Gasteiger partial charge is 0.497 e. The van der Waals surface area contributed by atoms with E-state index < -0.39 is 0 Å². The molecule has 0 saturated heterocycles. The van der Waals surface area contributed by atoms with Crippen molar-refractivity contribution in [1.29, 1.82) is 0 Å². The fourth-order valence-electron chi connectivity index (χ4n) is 4.23. The summed E-state index contributed by atoms with van der Waals surface area (Å²) in [6.07, 6.45) is 5.13. The van der Waals surface area contributed by atoms with Crippen molar-refractivity contribution in [3.63, 3.8) is 0 Å². The molecular weight excluding hydrogens is 374 g/mol. The number of nitrogens with two attached hydrogens (primary N) is 1. The number of nitrogen functional groups attached to an aromatic ring is 1. The van der Waals surface area contributed by atoms with E-state index in [0.29, 0.717) is 0 Å². The molecule has 0 atom stereocenters. The van der Waals surface area contributed by atoms with Gasteiger partial charge in [0.2, 0.25) is 0 Å². The van der Waals surface area contributed by atoms with Gasteiger partial charge in [0, 0.05) is 73.2 Å². The lowest BCUT2D eigenvalue weighted by atomic mass is 10.1. The standard InChI is InChI=1S/C24H25N5O/c1-28-13-18(21-11-20(30-2)7-8-23(21)28)15-29-10-9-22-17(14-29)12-26-24(27-22)16-3-5-19(25)6-4-16/h3-8,11-13H,9-10,14-15,25H2,1-2H3. The van der Waals surface area contributed by atoms with Crippen LogP contribution in [0.5, 0.6) is 5.75 Å². The molecule has 0 radical (unpaired) electrons. The van der Waals surface area contributed by atoms with Crippen molar-refractivity contribution in [3.8, 4) is 17.1 Å². The van der Waals surface area contributed by atoms with Crippen LogP contribution in [-0.4, -0.2) is 33.1 Å². The van der Waals surface area contributed by atoms with Crippen LogP contribution < -0.4 is 10.5 Å². The van der Waals surface area contributed by atoms with Crippen molar-refractivity contribution in [3.05, 3.63) is 71.7 Å². The average molecular weight is 399 g/mol. The number of hydrogen-bond acceptors (Lipinski definition) is 5. The number of ether oxygens (including phenoxy) is 1. The van der Waals surface area contributed by atoms with E-state index in [4.69, 9.17) is 15.5 Å². The second-order valence-corrected chi connectivity index (χ2v) is 7.90. The van der Waals surface area contributed by atoms with Crippen molar-refractivity contribution in [2.75, 3.05) is 19.4 Å². The van der Waals surface area contributed by atoms with Gasteiger partial charge >= 0.3 is 0 Å². The molecule has 1 aliphatic heterocycles. The maximum atomic E-state index is 5.79. The van der Waals surface area contributed by atoms with Gasteiger partial charge < -0.3 is 15.0 Å². The molecule has 1 aliphatic rings. The van der Waals surface area contributed by atoms with Crippen LogP contribution in [0.4, 0.5) is 5.69 Å². The molecule has 2 aromatic carbocycles. The summed E-state index contributed by atoms with van der Waals surface area (Å²) in [6, 6.07) is 14.0. The van der Waals surface area contributed by atoms with E-state index in [9.17, 15) is 0 Å². The highest BCUT2D eigenvalue weighted by molar-refractivity contribution is 5.85. The molecule has 6 nitrogen and oxygen atoms in total. The fraction of sp³-hybridized carbons (Fsp3) is 0.250. The minimum atomic E-state index is 0.749. The summed E-state index contributed by atoms with van der Waals surface area (Å²) in [5, 5.41) is 1.25. The quantitative estimate of drug-likeness (QED) is 0.529. The van der Waals surface area contributed by atoms with Gasteiger partial charge in [0.25, 0.3) is 0 Å². The number of aryl methyl sites for hydroxylation is 1. The number of anilines is 1. The zero-order chi connectivity index (χ0) is 20.7. The Labute approximate surface area is 175 Å². The predicted octanol–water partition coefficient (Wildman–Crippen LogP) is 3.78. The second-order valence-electron chi connectivity index (χ2n) is 7.90. The summed E-state index contributed by atoms with van der Waals surface area (Å²) in [5.74, 6) is 1.66. The molecule has 2 aromatic heterocycles. The third kappa shape index (κ3) is 3.39. The minimum absolute atomic E-state index is 0.749. The molecule has 4 aromatic rings. The highest BCUT2D eigenvalue weighted by Gasteiger charge is 2.20. The molecular formula is C24H25N5O. The molecule has 0 aliphatic carbocycles. The van der Waals surface area contributed by atoms with E-state index in [1.165, 1.54) is 22.0 Å². The molecule has 0 amide bonds. The molecule has 30 heavy (non-hydrogen) atoms. The molecule has 0 unspecified atom stereocenters. The predicted molar refractivity (Wildman–Crippen MR) is 119 cm³/mol. The Kier molecular flexibility index (Phi) is 4.64. The van der Waals surface area contributed by atoms with Crippen molar-refractivity contribution in [1.82, 2.24) is 19.4 Å². The molecule has 0 fully saturated rings. The highest BCUT2D eigenvalue weighted by atomic mass is 16.5. The van der Waals surface area contributed by atoms with Crippen LogP contribution in [0.25, 0.3) is 22.3 Å². The fourth-order valence-corrected chi connectivity index (χ4v) is 4.23. The number of benzene rings is 2. The van der Waals surface area contributed by atoms with Gasteiger partial charge in [-0.15, -0.1) is 0 Å². The Morgan fingerprint density at radius 3 is 2.77 bits per heavy atom. The van der Waals surface area contributed by atoms with Gasteiger partial charge in [0.05, 0.1) is 12.8 Å². The first-order valence-corrected chi connectivity index (χ1v) is 10.2. The number of methoxy groups -OCH3 is 1. The van der Waals surface area contributed by atoms with Crippen LogP contribution in [0.2, 0.25) is 0 Å². The van der Waals surface area contributed by atoms with Gasteiger partial charge in [0.1, 0.15) is 5.75 Å². The van der Waals surface area contributed by atoms with E-state index in [2.05, 4.69) is 39.8 Å². The van der Waals surface area contributed by atoms with Crippen LogP contribution in [0.1, 0.15) is 16.8 Å². The topological polar surface area (TPSA) is 69.2 Å². The van der Waals surface area contributed by atoms with Crippen LogP contribution in [-0.2, 0) is 26.6 Å². The van der Waals surface area contributed by atoms with Gasteiger partial charge in [0.15, 0.2) is 5.82 Å². The normalized spacial score (nSPS) is 14.1. The highest BCUT2D eigenvalue weighted by Crippen LogP contribution is 2.28. The third-order valence-electron chi connectivity index (χ3n) is 5.85. The molecule has 0 spiro atoms. The van der Waals surface area contributed by atoms with Crippen LogP contribution in [0.3, 0.4) is 0 Å². The summed E-state index contributed by atoms with van der Waals surface area (Å²) in [6.45, 7) is 2.73. The number of nitrogens with zero attached hydrogens (tertiary/aromatic N) is 4. The number of hydrogen-bond donors (Lipinski definition) is 1. The van der Waals surface area contributed by atoms with E-state index in [-0.39, 0.29) is 0 Å². The van der Waals surface area contributed by atoms with Gasteiger partial charge in [-0.2, -0.15) is 0 Å². The average Bonchev–Trinajstić information content (AvgIpc) is 3.08. The molecule has 2 N–H and O–H groups in total. The number of fused-ring (bicyclic) bond motifs is 2. The van der Waals surface area contributed by atoms with Crippen LogP contribution in [0, 0.1) is 0 Å². The first-order valence-electron chi connectivity index (χ1n) is 10.2. The molecule has 152 valence electrons. The van der Waals surface area contributed by atoms with Gasteiger partial charge in [-0.3, -0.25) is 4.90 Å². The van der Waals surface area contributed by atoms with Crippen molar-refractivity contribution in [2.45, 2.75) is 19.5 Å². The lowest BCUT2D eigenvalue weighted by Gasteiger charge is -2.28. The lowest BCUT2D eigenvalue weighted by molar-refractivity contribution is 0.243. The van der Waals surface area contributed by atoms with Crippen molar-refractivity contribution >= 4 is 16.6 Å². The van der Waals surface area contributed by atoms with Gasteiger partial charge in [-0.05, 0) is 48.0 Å². The third-order valence-corrected chi connectivity index (χ3v) is 5.85. The van der Waals surface area contributed by atoms with Gasteiger partial charge in [-0.25, -0.2) is 9.97 Å². The van der Waals surface area contributed by atoms with Crippen LogP contribution in [0.15, 0.2) is 54.9 Å². The summed E-state index contributed by atoms with van der Waals surface area (Å²) in [5.41, 5.74) is 12.4. The smallest absolute Gasteiger partial charge is 0.159 e. The Balaban J connectivity index is 1.37. The summed E-state index contributed by atoms with van der Waals surface area (Å²) in [7, 11) is 3.81. The van der Waals surface area contributed by atoms with E-state index in [0.717, 1.165) is 54.6 Å². The molecule has 0 saturated carbocycles. The second kappa shape index (κ2) is 7.46. The zero-order valence-electron chi connectivity index (χ0n) is 17.3. The molecule has 5 rings (SSSR count). The van der Waals surface area contributed by atoms with Crippen LogP contribution >= 0.6 is 0 Å². The SMILES string of the molecule is COc1ccc2c(c1)c(CN1CCc3nc(-c4ccc(N)cc4)ncc3C1)cn2C. The summed E-state index contributed by atoms with van der Waals surface area (Å²) in [4.78, 5) is 11.9. The number of rotatable bonds is 4. The van der Waals surface area contributed by atoms with Crippen molar-refractivity contribution < 1.29 is 4.74 Å². The Morgan fingerprint density at radius 1 is 1.13 bits per heavy atom. The Hall–Kier alpha value is -3.38. The number of aromatic nitrogens is 3. The first-order chi connectivity index (χ1) is 14.6. The minimum Gasteiger partial charge on any atom is -0.497 e. The summed E-state index contributed by atoms with van der Waals surface area (Å²) < 4.78 is 7.62. The zero-order valence-corrected chi connectivity index (χ0v) is 17.3. The maximum Gasteiger partial charge on any atom is 0.159 e. The van der Waals surface area contributed by atoms with E-state index >= 15 is 0 Å². The van der Waals surface area contributed by atoms with Gasteiger partial charge in [-0.1, -0.05) is 0 Å². The van der Waals surface area contributed by atoms with E-state index in [1.54, 1.807) is 7.11 Å². The van der Waals surface area contributed by atoms with E-state index in [1.807, 2.05) is 36.5 Å². The molecule has 6 heteroatoms. The molecule has 0 bridgehead atoms. The molecule has 3 heterocycles. The summed E-state index contributed by atoms with van der Waals surface area (Å²) >= 11 is 0. The monoisotopic (exact) mass is 399 g/mol. The lowest BCUT2D eigenvalue weighted by Crippen LogP contribution is -2.30. The Bertz CT molecular complexity index is 1210. The van der Waals surface area contributed by atoms with Crippen molar-refractivity contribution in [2.24, 2.45) is 7.05 Å².